The summed E-state index contributed by atoms with van der Waals surface area (Å²) in [5.41, 5.74) is 0.816. The fourth-order valence-corrected chi connectivity index (χ4v) is 3.30. The maximum atomic E-state index is 12.4. The average Bonchev–Trinajstić information content (AvgIpc) is 3.24. The molecule has 1 fully saturated rings. The molecule has 2 aromatic rings. The molecule has 1 saturated heterocycles. The molecule has 0 spiro atoms. The minimum Gasteiger partial charge on any atom is -0.337 e. The second kappa shape index (κ2) is 7.79. The topological polar surface area (TPSA) is 59.2 Å². The monoisotopic (exact) mass is 347 g/mol. The summed E-state index contributed by atoms with van der Waals surface area (Å²) >= 11 is 6.01. The molecule has 6 heteroatoms. The van der Waals surface area contributed by atoms with Crippen LogP contribution in [0.2, 0.25) is 5.02 Å². The third-order valence-corrected chi connectivity index (χ3v) is 4.61. The van der Waals surface area contributed by atoms with Gasteiger partial charge in [-0.15, -0.1) is 0 Å². The largest absolute Gasteiger partial charge is 0.337 e. The number of nitrogens with zero attached hydrogens (tertiary/aromatic N) is 3. The quantitative estimate of drug-likeness (QED) is 0.714. The van der Waals surface area contributed by atoms with Crippen LogP contribution in [-0.2, 0) is 4.79 Å². The number of aromatic nitrogens is 2. The molecule has 3 rings (SSSR count). The molecule has 0 radical (unpaired) electrons. The van der Waals surface area contributed by atoms with Crippen LogP contribution in [0.5, 0.6) is 0 Å². The van der Waals surface area contributed by atoms with Crippen molar-refractivity contribution in [2.24, 2.45) is 0 Å². The van der Waals surface area contributed by atoms with Crippen LogP contribution >= 0.6 is 11.6 Å². The van der Waals surface area contributed by atoms with Crippen molar-refractivity contribution in [2.45, 2.75) is 51.5 Å². The number of carbonyl (C=O) groups excluding carboxylic acids is 1. The van der Waals surface area contributed by atoms with E-state index in [0.29, 0.717) is 23.2 Å². The van der Waals surface area contributed by atoms with E-state index in [9.17, 15) is 4.79 Å². The maximum absolute atomic E-state index is 12.4. The molecule has 1 aromatic carbocycles. The smallest absolute Gasteiger partial charge is 0.249 e. The van der Waals surface area contributed by atoms with Crippen molar-refractivity contribution in [3.63, 3.8) is 0 Å². The Hall–Kier alpha value is -1.88. The molecular weight excluding hydrogens is 326 g/mol. The lowest BCUT2D eigenvalue weighted by atomic mass is 10.1. The van der Waals surface area contributed by atoms with E-state index < -0.39 is 0 Å². The van der Waals surface area contributed by atoms with Crippen LogP contribution < -0.4 is 0 Å². The Kier molecular flexibility index (Phi) is 5.51. The van der Waals surface area contributed by atoms with Crippen LogP contribution in [0.15, 0.2) is 28.8 Å². The van der Waals surface area contributed by atoms with E-state index in [2.05, 4.69) is 17.1 Å². The second-order valence-electron chi connectivity index (χ2n) is 6.17. The van der Waals surface area contributed by atoms with Gasteiger partial charge in [0.05, 0.1) is 0 Å². The standard InChI is InChI=1S/C18H22ClN3O2/c1-2-3-4-10-16(23)22-11-6-9-15(22)18-20-17(21-24-18)13-7-5-8-14(19)12-13/h5,7-8,12,15H,2-4,6,9-11H2,1H3/t15-/m1/s1. The first-order valence-corrected chi connectivity index (χ1v) is 8.96. The summed E-state index contributed by atoms with van der Waals surface area (Å²) < 4.78 is 5.45. The number of rotatable bonds is 6. The molecule has 0 bridgehead atoms. The third-order valence-electron chi connectivity index (χ3n) is 4.38. The highest BCUT2D eigenvalue weighted by molar-refractivity contribution is 6.30. The number of unbranched alkanes of at least 4 members (excludes halogenated alkanes) is 2. The van der Waals surface area contributed by atoms with E-state index in [1.54, 1.807) is 12.1 Å². The first-order valence-electron chi connectivity index (χ1n) is 8.58. The van der Waals surface area contributed by atoms with Crippen LogP contribution in [0.1, 0.15) is 57.4 Å². The van der Waals surface area contributed by atoms with Crippen LogP contribution in [0.3, 0.4) is 0 Å². The third kappa shape index (κ3) is 3.78. The van der Waals surface area contributed by atoms with Gasteiger partial charge in [0.15, 0.2) is 0 Å². The first-order chi connectivity index (χ1) is 11.7. The predicted molar refractivity (Wildman–Crippen MR) is 92.6 cm³/mol. The van der Waals surface area contributed by atoms with Crippen LogP contribution in [-0.4, -0.2) is 27.5 Å². The summed E-state index contributed by atoms with van der Waals surface area (Å²) in [7, 11) is 0. The van der Waals surface area contributed by atoms with Crippen molar-refractivity contribution in [3.8, 4) is 11.4 Å². The zero-order valence-corrected chi connectivity index (χ0v) is 14.6. The minimum atomic E-state index is -0.0976. The molecule has 2 heterocycles. The summed E-state index contributed by atoms with van der Waals surface area (Å²) in [4.78, 5) is 18.8. The van der Waals surface area contributed by atoms with Crippen molar-refractivity contribution < 1.29 is 9.32 Å². The highest BCUT2D eigenvalue weighted by Gasteiger charge is 2.33. The Bertz CT molecular complexity index is 701. The van der Waals surface area contributed by atoms with Crippen molar-refractivity contribution in [3.05, 3.63) is 35.2 Å². The summed E-state index contributed by atoms with van der Waals surface area (Å²) in [6, 6.07) is 7.26. The summed E-state index contributed by atoms with van der Waals surface area (Å²) in [5, 5.41) is 4.69. The van der Waals surface area contributed by atoms with Crippen molar-refractivity contribution >= 4 is 17.5 Å². The van der Waals surface area contributed by atoms with Gasteiger partial charge in [-0.1, -0.05) is 48.7 Å². The van der Waals surface area contributed by atoms with E-state index >= 15 is 0 Å². The number of benzene rings is 1. The molecule has 1 atom stereocenters. The van der Waals surface area contributed by atoms with Gasteiger partial charge in [0.25, 0.3) is 0 Å². The number of likely N-dealkylation sites (tertiary alicyclic amines) is 1. The van der Waals surface area contributed by atoms with Gasteiger partial charge in [0.1, 0.15) is 6.04 Å². The molecule has 1 aliphatic heterocycles. The molecule has 1 aromatic heterocycles. The van der Waals surface area contributed by atoms with E-state index in [0.717, 1.165) is 44.2 Å². The Morgan fingerprint density at radius 2 is 2.29 bits per heavy atom. The molecule has 5 nitrogen and oxygen atoms in total. The fourth-order valence-electron chi connectivity index (χ4n) is 3.11. The molecule has 24 heavy (non-hydrogen) atoms. The van der Waals surface area contributed by atoms with Gasteiger partial charge in [-0.2, -0.15) is 4.98 Å². The molecule has 0 aliphatic carbocycles. The van der Waals surface area contributed by atoms with E-state index in [4.69, 9.17) is 16.1 Å². The van der Waals surface area contributed by atoms with Gasteiger partial charge in [-0.05, 0) is 31.4 Å². The molecule has 0 N–H and O–H groups in total. The van der Waals surface area contributed by atoms with E-state index in [1.165, 1.54) is 0 Å². The fraction of sp³-hybridized carbons (Fsp3) is 0.500. The zero-order chi connectivity index (χ0) is 16.9. The number of hydrogen-bond donors (Lipinski definition) is 0. The van der Waals surface area contributed by atoms with Crippen molar-refractivity contribution in [2.75, 3.05) is 6.54 Å². The summed E-state index contributed by atoms with van der Waals surface area (Å²) in [6.45, 7) is 2.91. The maximum Gasteiger partial charge on any atom is 0.249 e. The lowest BCUT2D eigenvalue weighted by Gasteiger charge is -2.21. The van der Waals surface area contributed by atoms with Gasteiger partial charge >= 0.3 is 0 Å². The minimum absolute atomic E-state index is 0.0976. The van der Waals surface area contributed by atoms with Gasteiger partial charge < -0.3 is 9.42 Å². The van der Waals surface area contributed by atoms with Crippen molar-refractivity contribution in [1.82, 2.24) is 15.0 Å². The zero-order valence-electron chi connectivity index (χ0n) is 13.9. The number of amides is 1. The Morgan fingerprint density at radius 1 is 1.42 bits per heavy atom. The second-order valence-corrected chi connectivity index (χ2v) is 6.61. The van der Waals surface area contributed by atoms with Crippen LogP contribution in [0.25, 0.3) is 11.4 Å². The van der Waals surface area contributed by atoms with Gasteiger partial charge in [-0.3, -0.25) is 4.79 Å². The summed E-state index contributed by atoms with van der Waals surface area (Å²) in [6.07, 6.45) is 5.58. The van der Waals surface area contributed by atoms with Gasteiger partial charge in [0.2, 0.25) is 17.6 Å². The Labute approximate surface area is 147 Å². The molecule has 128 valence electrons. The van der Waals surface area contributed by atoms with Crippen LogP contribution in [0.4, 0.5) is 0 Å². The lowest BCUT2D eigenvalue weighted by Crippen LogP contribution is -2.30. The van der Waals surface area contributed by atoms with E-state index in [1.807, 2.05) is 17.0 Å². The number of hydrogen-bond acceptors (Lipinski definition) is 4. The van der Waals surface area contributed by atoms with Crippen LogP contribution in [0, 0.1) is 0 Å². The molecule has 0 unspecified atom stereocenters. The number of carbonyl (C=O) groups is 1. The Morgan fingerprint density at radius 3 is 3.08 bits per heavy atom. The predicted octanol–water partition coefficient (Wildman–Crippen LogP) is 4.63. The lowest BCUT2D eigenvalue weighted by molar-refractivity contribution is -0.132. The first kappa shape index (κ1) is 17.0. The normalized spacial score (nSPS) is 17.4. The molecule has 0 saturated carbocycles. The molecule has 1 aliphatic rings. The highest BCUT2D eigenvalue weighted by Crippen LogP contribution is 2.33. The molecule has 1 amide bonds. The SMILES string of the molecule is CCCCCC(=O)N1CCC[C@@H]1c1nc(-c2cccc(Cl)c2)no1. The van der Waals surface area contributed by atoms with Gasteiger partial charge in [0, 0.05) is 23.6 Å². The van der Waals surface area contributed by atoms with E-state index in [-0.39, 0.29) is 11.9 Å². The number of halogens is 1. The summed E-state index contributed by atoms with van der Waals surface area (Å²) in [5.74, 6) is 1.22. The Balaban J connectivity index is 1.72. The highest BCUT2D eigenvalue weighted by atomic mass is 35.5. The average molecular weight is 348 g/mol. The van der Waals surface area contributed by atoms with Gasteiger partial charge in [-0.25, -0.2) is 0 Å². The van der Waals surface area contributed by atoms with Crippen molar-refractivity contribution in [1.29, 1.82) is 0 Å². The molecular formula is C18H22ClN3O2.